The van der Waals surface area contributed by atoms with E-state index in [4.69, 9.17) is 4.85 Å². The zero-order chi connectivity index (χ0) is 20.3. The lowest BCUT2D eigenvalue weighted by atomic mass is 10.2. The fourth-order valence-electron chi connectivity index (χ4n) is 3.29. The van der Waals surface area contributed by atoms with Gasteiger partial charge in [-0.25, -0.2) is 14.0 Å². The van der Waals surface area contributed by atoms with Crippen LogP contribution in [0.25, 0.3) is 0 Å². The summed E-state index contributed by atoms with van der Waals surface area (Å²) in [4.78, 5) is 4.89. The van der Waals surface area contributed by atoms with Gasteiger partial charge >= 0.3 is 0 Å². The van der Waals surface area contributed by atoms with Crippen molar-refractivity contribution in [3.8, 4) is 6.07 Å². The molecule has 27 heavy (non-hydrogen) atoms. The molecule has 0 heterocycles. The van der Waals surface area contributed by atoms with E-state index >= 15 is 0 Å². The Labute approximate surface area is 164 Å². The summed E-state index contributed by atoms with van der Waals surface area (Å²) >= 11 is 0. The van der Waals surface area contributed by atoms with E-state index in [0.29, 0.717) is 11.3 Å². The quantitative estimate of drug-likeness (QED) is 0.282. The maximum atomic E-state index is 9.27. The Kier molecular flexibility index (Phi) is 10.4. The summed E-state index contributed by atoms with van der Waals surface area (Å²) in [5.41, 5.74) is 1.06. The molecule has 7 nitrogen and oxygen atoms in total. The summed E-state index contributed by atoms with van der Waals surface area (Å²) in [5.74, 6) is 0. The van der Waals surface area contributed by atoms with Crippen molar-refractivity contribution in [3.63, 3.8) is 0 Å². The third-order valence-corrected chi connectivity index (χ3v) is 8.96. The van der Waals surface area contributed by atoms with Gasteiger partial charge in [-0.05, 0) is 17.4 Å². The lowest BCUT2D eigenvalue weighted by Crippen LogP contribution is -2.41. The van der Waals surface area contributed by atoms with Crippen molar-refractivity contribution < 1.29 is 0 Å². The molecule has 0 amide bonds. The first-order chi connectivity index (χ1) is 13.1. The summed E-state index contributed by atoms with van der Waals surface area (Å²) < 4.78 is 7.26. The van der Waals surface area contributed by atoms with Gasteiger partial charge in [0.15, 0.2) is 7.51 Å². The summed E-state index contributed by atoms with van der Waals surface area (Å²) in [7, 11) is -2.21. The van der Waals surface area contributed by atoms with Crippen molar-refractivity contribution in [1.29, 1.82) is 5.26 Å². The van der Waals surface area contributed by atoms with Crippen LogP contribution in [0.3, 0.4) is 0 Å². The molecular formula is C19H34N7P. The molecular weight excluding hydrogens is 357 g/mol. The van der Waals surface area contributed by atoms with Crippen molar-refractivity contribution in [2.24, 2.45) is 15.2 Å². The van der Waals surface area contributed by atoms with Crippen LogP contribution < -0.4 is 0 Å². The Morgan fingerprint density at radius 3 is 1.67 bits per heavy atom. The number of hydrogen-bond acceptors (Lipinski definition) is 2. The van der Waals surface area contributed by atoms with Crippen LogP contribution >= 0.6 is 7.51 Å². The number of hydrogen-bond donors (Lipinski definition) is 0. The molecule has 0 radical (unpaired) electrons. The molecule has 1 aromatic rings. The van der Waals surface area contributed by atoms with Gasteiger partial charge in [0.05, 0.1) is 5.56 Å². The SMILES string of the molecule is CCN(CC)P(=NN=Nc1ccccc1C#N)(N(CC)CC)N(CC)CC. The lowest BCUT2D eigenvalue weighted by molar-refractivity contribution is 0.338. The summed E-state index contributed by atoms with van der Waals surface area (Å²) in [5, 5.41) is 17.9. The van der Waals surface area contributed by atoms with Gasteiger partial charge in [0.2, 0.25) is 0 Å². The van der Waals surface area contributed by atoms with Gasteiger partial charge in [-0.2, -0.15) is 5.26 Å². The second-order valence-corrected chi connectivity index (χ2v) is 8.81. The van der Waals surface area contributed by atoms with Crippen molar-refractivity contribution in [1.82, 2.24) is 14.0 Å². The molecule has 0 saturated carbocycles. The average molecular weight is 392 g/mol. The highest BCUT2D eigenvalue weighted by molar-refractivity contribution is 7.59. The Hall–Kier alpha value is -1.58. The van der Waals surface area contributed by atoms with Gasteiger partial charge in [-0.1, -0.05) is 53.7 Å². The molecule has 0 aliphatic carbocycles. The lowest BCUT2D eigenvalue weighted by Gasteiger charge is -2.47. The predicted molar refractivity (Wildman–Crippen MR) is 114 cm³/mol. The largest absolute Gasteiger partial charge is 0.245 e. The van der Waals surface area contributed by atoms with Crippen LogP contribution in [-0.2, 0) is 0 Å². The van der Waals surface area contributed by atoms with E-state index in [1.54, 1.807) is 12.1 Å². The third kappa shape index (κ3) is 5.24. The van der Waals surface area contributed by atoms with Crippen LogP contribution in [0.15, 0.2) is 39.5 Å². The molecule has 0 aliphatic heterocycles. The molecule has 0 aliphatic rings. The van der Waals surface area contributed by atoms with E-state index in [-0.39, 0.29) is 0 Å². The Morgan fingerprint density at radius 2 is 1.26 bits per heavy atom. The normalized spacial score (nSPS) is 12.3. The third-order valence-electron chi connectivity index (χ3n) is 4.67. The maximum absolute atomic E-state index is 9.27. The molecule has 0 bridgehead atoms. The minimum atomic E-state index is -2.21. The number of nitriles is 1. The van der Waals surface area contributed by atoms with E-state index in [1.807, 2.05) is 12.1 Å². The summed E-state index contributed by atoms with van der Waals surface area (Å²) in [6, 6.07) is 9.39. The van der Waals surface area contributed by atoms with E-state index in [2.05, 4.69) is 72.0 Å². The Bertz CT molecular complexity index is 646. The van der Waals surface area contributed by atoms with Crippen LogP contribution in [0.1, 0.15) is 47.1 Å². The fraction of sp³-hybridized carbons (Fsp3) is 0.632. The van der Waals surface area contributed by atoms with Crippen molar-refractivity contribution in [2.75, 3.05) is 39.3 Å². The van der Waals surface area contributed by atoms with Crippen molar-refractivity contribution in [2.45, 2.75) is 41.5 Å². The molecule has 0 aromatic heterocycles. The first kappa shape index (κ1) is 23.5. The predicted octanol–water partition coefficient (Wildman–Crippen LogP) is 5.53. The fourth-order valence-corrected chi connectivity index (χ4v) is 7.13. The van der Waals surface area contributed by atoms with Crippen LogP contribution in [0.4, 0.5) is 5.69 Å². The standard InChI is InChI=1S/C19H34N7P/c1-7-24(8-2)27(25(9-3)10-4,26(11-5)12-6)23-22-21-19-16-14-13-15-18(19)17-20/h13-16H,7-12H2,1-6H3. The molecule has 0 spiro atoms. The van der Waals surface area contributed by atoms with Crippen LogP contribution in [0.2, 0.25) is 0 Å². The molecule has 1 aromatic carbocycles. The minimum Gasteiger partial charge on any atom is -0.245 e. The summed E-state index contributed by atoms with van der Waals surface area (Å²) in [6.45, 7) is 18.4. The zero-order valence-corrected chi connectivity index (χ0v) is 18.5. The maximum Gasteiger partial charge on any atom is 0.195 e. The molecule has 0 atom stereocenters. The van der Waals surface area contributed by atoms with E-state index < -0.39 is 7.51 Å². The number of rotatable bonds is 11. The van der Waals surface area contributed by atoms with Crippen LogP contribution in [-0.4, -0.2) is 53.3 Å². The molecule has 0 unspecified atom stereocenters. The average Bonchev–Trinajstić information content (AvgIpc) is 2.70. The molecule has 0 saturated heterocycles. The molecule has 0 fully saturated rings. The second-order valence-electron chi connectivity index (χ2n) is 5.86. The second kappa shape index (κ2) is 12.0. The topological polar surface area (TPSA) is 70.6 Å². The van der Waals surface area contributed by atoms with Crippen molar-refractivity contribution in [3.05, 3.63) is 29.8 Å². The highest BCUT2D eigenvalue weighted by Crippen LogP contribution is 2.59. The van der Waals surface area contributed by atoms with Gasteiger partial charge < -0.3 is 0 Å². The highest BCUT2D eigenvalue weighted by Gasteiger charge is 2.37. The van der Waals surface area contributed by atoms with Gasteiger partial charge in [0.1, 0.15) is 11.8 Å². The van der Waals surface area contributed by atoms with E-state index in [1.165, 1.54) is 0 Å². The molecule has 0 N–H and O–H groups in total. The Morgan fingerprint density at radius 1 is 0.815 bits per heavy atom. The van der Waals surface area contributed by atoms with E-state index in [0.717, 1.165) is 39.3 Å². The smallest absolute Gasteiger partial charge is 0.195 e. The number of nitrogens with zero attached hydrogens (tertiary/aromatic N) is 7. The van der Waals surface area contributed by atoms with Gasteiger partial charge in [0.25, 0.3) is 0 Å². The summed E-state index contributed by atoms with van der Waals surface area (Å²) in [6.07, 6.45) is 0. The van der Waals surface area contributed by atoms with Gasteiger partial charge in [-0.3, -0.25) is 0 Å². The van der Waals surface area contributed by atoms with Gasteiger partial charge in [-0.15, -0.1) is 9.97 Å². The highest BCUT2D eigenvalue weighted by atomic mass is 31.2. The number of benzene rings is 1. The minimum absolute atomic E-state index is 0.508. The zero-order valence-electron chi connectivity index (χ0n) is 17.6. The first-order valence-corrected chi connectivity index (χ1v) is 11.5. The Balaban J connectivity index is 3.60. The van der Waals surface area contributed by atoms with Gasteiger partial charge in [0, 0.05) is 39.3 Å². The molecule has 8 heteroatoms. The first-order valence-electron chi connectivity index (χ1n) is 9.86. The van der Waals surface area contributed by atoms with Crippen molar-refractivity contribution >= 4 is 13.2 Å². The molecule has 150 valence electrons. The van der Waals surface area contributed by atoms with E-state index in [9.17, 15) is 5.26 Å². The monoisotopic (exact) mass is 391 g/mol. The van der Waals surface area contributed by atoms with Crippen LogP contribution in [0, 0.1) is 11.3 Å². The molecule has 1 rings (SSSR count). The van der Waals surface area contributed by atoms with Crippen LogP contribution in [0.5, 0.6) is 0 Å².